The maximum atomic E-state index is 12.4. The Balaban J connectivity index is 1.86. The van der Waals surface area contributed by atoms with E-state index in [9.17, 15) is 8.42 Å². The number of aromatic nitrogens is 2. The lowest BCUT2D eigenvalue weighted by Crippen LogP contribution is -2.33. The Bertz CT molecular complexity index is 582. The van der Waals surface area contributed by atoms with Crippen molar-refractivity contribution >= 4 is 10.0 Å². The van der Waals surface area contributed by atoms with Crippen LogP contribution in [0.3, 0.4) is 0 Å². The molecular formula is C11H18N4O2S. The van der Waals surface area contributed by atoms with Gasteiger partial charge in [-0.3, -0.25) is 4.68 Å². The maximum absolute atomic E-state index is 12.4. The van der Waals surface area contributed by atoms with Gasteiger partial charge in [-0.05, 0) is 38.8 Å². The normalized spacial score (nSPS) is 30.5. The average Bonchev–Trinajstić information content (AvgIpc) is 2.63. The highest BCUT2D eigenvalue weighted by Crippen LogP contribution is 2.42. The molecule has 3 rings (SSSR count). The molecule has 1 aliphatic carbocycles. The zero-order chi connectivity index (χ0) is 13.1. The van der Waals surface area contributed by atoms with E-state index in [-0.39, 0.29) is 6.04 Å². The largest absolute Gasteiger partial charge is 0.316 e. The van der Waals surface area contributed by atoms with Crippen molar-refractivity contribution in [2.75, 3.05) is 13.1 Å². The standard InChI is InChI=1S/C11H18N4O2S/c1-6-11(7(2)15(3)13-6)18(16,17)14-10-8-4-12-5-9(8)10/h8-10,12,14H,4-5H2,1-3H3. The average molecular weight is 270 g/mol. The number of nitrogens with one attached hydrogen (secondary N) is 2. The summed E-state index contributed by atoms with van der Waals surface area (Å²) in [6.07, 6.45) is 0. The second kappa shape index (κ2) is 3.79. The van der Waals surface area contributed by atoms with E-state index in [1.807, 2.05) is 0 Å². The van der Waals surface area contributed by atoms with E-state index >= 15 is 0 Å². The maximum Gasteiger partial charge on any atom is 0.244 e. The van der Waals surface area contributed by atoms with Gasteiger partial charge in [0.2, 0.25) is 10.0 Å². The minimum atomic E-state index is -3.44. The van der Waals surface area contributed by atoms with Crippen LogP contribution in [0.15, 0.2) is 4.90 Å². The fourth-order valence-corrected chi connectivity index (χ4v) is 4.75. The number of hydrogen-bond donors (Lipinski definition) is 2. The third-order valence-corrected chi connectivity index (χ3v) is 5.81. The molecular weight excluding hydrogens is 252 g/mol. The van der Waals surface area contributed by atoms with Crippen LogP contribution < -0.4 is 10.0 Å². The monoisotopic (exact) mass is 270 g/mol. The predicted molar refractivity (Wildman–Crippen MR) is 66.6 cm³/mol. The Hall–Kier alpha value is -0.920. The highest BCUT2D eigenvalue weighted by molar-refractivity contribution is 7.89. The molecule has 1 saturated carbocycles. The van der Waals surface area contributed by atoms with Crippen LogP contribution in [-0.4, -0.2) is 37.3 Å². The van der Waals surface area contributed by atoms with Gasteiger partial charge in [0.15, 0.2) is 0 Å². The first-order valence-corrected chi connectivity index (χ1v) is 7.63. The van der Waals surface area contributed by atoms with Crippen LogP contribution in [0, 0.1) is 25.7 Å². The summed E-state index contributed by atoms with van der Waals surface area (Å²) >= 11 is 0. The number of aryl methyl sites for hydroxylation is 2. The van der Waals surface area contributed by atoms with Crippen molar-refractivity contribution < 1.29 is 8.42 Å². The molecule has 1 aromatic heterocycles. The van der Waals surface area contributed by atoms with Crippen LogP contribution >= 0.6 is 0 Å². The van der Waals surface area contributed by atoms with Gasteiger partial charge in [0.05, 0.1) is 11.4 Å². The molecule has 1 aliphatic heterocycles. The van der Waals surface area contributed by atoms with Gasteiger partial charge < -0.3 is 5.32 Å². The molecule has 1 saturated heterocycles. The van der Waals surface area contributed by atoms with E-state index in [2.05, 4.69) is 15.1 Å². The third-order valence-electron chi connectivity index (χ3n) is 4.09. The third kappa shape index (κ3) is 1.69. The first-order chi connectivity index (χ1) is 8.42. The molecule has 0 amide bonds. The molecule has 0 spiro atoms. The van der Waals surface area contributed by atoms with E-state index in [1.54, 1.807) is 25.6 Å². The summed E-state index contributed by atoms with van der Waals surface area (Å²) in [4.78, 5) is 0.336. The molecule has 18 heavy (non-hydrogen) atoms. The Morgan fingerprint density at radius 2 is 1.94 bits per heavy atom. The summed E-state index contributed by atoms with van der Waals surface area (Å²) in [7, 11) is -1.68. The SMILES string of the molecule is Cc1nn(C)c(C)c1S(=O)(=O)NC1C2CNCC21. The van der Waals surface area contributed by atoms with Crippen LogP contribution in [0.5, 0.6) is 0 Å². The number of hydrogen-bond acceptors (Lipinski definition) is 4. The molecule has 2 atom stereocenters. The molecule has 2 unspecified atom stereocenters. The van der Waals surface area contributed by atoms with Gasteiger partial charge in [0, 0.05) is 13.1 Å². The zero-order valence-electron chi connectivity index (χ0n) is 10.8. The Morgan fingerprint density at radius 1 is 1.33 bits per heavy atom. The lowest BCUT2D eigenvalue weighted by atomic mass is 10.4. The van der Waals surface area contributed by atoms with Crippen molar-refractivity contribution in [1.82, 2.24) is 19.8 Å². The van der Waals surface area contributed by atoms with Crippen molar-refractivity contribution in [2.24, 2.45) is 18.9 Å². The number of piperidine rings is 1. The van der Waals surface area contributed by atoms with Crippen LogP contribution in [-0.2, 0) is 17.1 Å². The summed E-state index contributed by atoms with van der Waals surface area (Å²) in [5.74, 6) is 0.939. The van der Waals surface area contributed by atoms with Gasteiger partial charge in [0.25, 0.3) is 0 Å². The van der Waals surface area contributed by atoms with Crippen LogP contribution in [0.25, 0.3) is 0 Å². The van der Waals surface area contributed by atoms with Crippen molar-refractivity contribution in [3.05, 3.63) is 11.4 Å². The van der Waals surface area contributed by atoms with Crippen LogP contribution in [0.4, 0.5) is 0 Å². The summed E-state index contributed by atoms with van der Waals surface area (Å²) in [5.41, 5.74) is 1.25. The van der Waals surface area contributed by atoms with E-state index in [0.717, 1.165) is 13.1 Å². The summed E-state index contributed by atoms with van der Waals surface area (Å²) in [6.45, 7) is 5.35. The van der Waals surface area contributed by atoms with Crippen LogP contribution in [0.2, 0.25) is 0 Å². The fourth-order valence-electron chi connectivity index (χ4n) is 2.97. The molecule has 100 valence electrons. The fraction of sp³-hybridized carbons (Fsp3) is 0.727. The van der Waals surface area contributed by atoms with E-state index < -0.39 is 10.0 Å². The number of nitrogens with zero attached hydrogens (tertiary/aromatic N) is 2. The van der Waals surface area contributed by atoms with Gasteiger partial charge in [-0.2, -0.15) is 5.10 Å². The van der Waals surface area contributed by atoms with Gasteiger partial charge in [-0.25, -0.2) is 13.1 Å². The molecule has 0 bridgehead atoms. The highest BCUT2D eigenvalue weighted by atomic mass is 32.2. The summed E-state index contributed by atoms with van der Waals surface area (Å²) in [5, 5.41) is 7.41. The molecule has 1 aromatic rings. The zero-order valence-corrected chi connectivity index (χ0v) is 11.6. The number of sulfonamides is 1. The first-order valence-electron chi connectivity index (χ1n) is 6.15. The van der Waals surface area contributed by atoms with Gasteiger partial charge in [0.1, 0.15) is 4.90 Å². The predicted octanol–water partition coefficient (Wildman–Crippen LogP) is -0.467. The van der Waals surface area contributed by atoms with Crippen molar-refractivity contribution in [1.29, 1.82) is 0 Å². The van der Waals surface area contributed by atoms with E-state index in [0.29, 0.717) is 28.1 Å². The van der Waals surface area contributed by atoms with Crippen molar-refractivity contribution in [3.8, 4) is 0 Å². The Morgan fingerprint density at radius 3 is 2.44 bits per heavy atom. The van der Waals surface area contributed by atoms with E-state index in [4.69, 9.17) is 0 Å². The minimum absolute atomic E-state index is 0.107. The molecule has 0 aromatic carbocycles. The second-order valence-electron chi connectivity index (χ2n) is 5.26. The molecule has 2 fully saturated rings. The Labute approximate surface area is 107 Å². The summed E-state index contributed by atoms with van der Waals surface area (Å²) in [6, 6.07) is 0.107. The lowest BCUT2D eigenvalue weighted by molar-refractivity contribution is 0.564. The molecule has 0 radical (unpaired) electrons. The number of rotatable bonds is 3. The topological polar surface area (TPSA) is 76.0 Å². The van der Waals surface area contributed by atoms with Crippen LogP contribution in [0.1, 0.15) is 11.4 Å². The smallest absolute Gasteiger partial charge is 0.244 e. The van der Waals surface area contributed by atoms with Crippen molar-refractivity contribution in [3.63, 3.8) is 0 Å². The molecule has 7 heteroatoms. The Kier molecular flexibility index (Phi) is 2.55. The molecule has 2 heterocycles. The van der Waals surface area contributed by atoms with Gasteiger partial charge >= 0.3 is 0 Å². The molecule has 2 N–H and O–H groups in total. The van der Waals surface area contributed by atoms with Gasteiger partial charge in [-0.1, -0.05) is 0 Å². The highest BCUT2D eigenvalue weighted by Gasteiger charge is 2.54. The van der Waals surface area contributed by atoms with Crippen molar-refractivity contribution in [2.45, 2.75) is 24.8 Å². The molecule has 6 nitrogen and oxygen atoms in total. The lowest BCUT2D eigenvalue weighted by Gasteiger charge is -2.09. The number of fused-ring (bicyclic) bond motifs is 1. The second-order valence-corrected chi connectivity index (χ2v) is 6.91. The van der Waals surface area contributed by atoms with E-state index in [1.165, 1.54) is 0 Å². The first kappa shape index (κ1) is 12.1. The minimum Gasteiger partial charge on any atom is -0.316 e. The van der Waals surface area contributed by atoms with Gasteiger partial charge in [-0.15, -0.1) is 0 Å². The quantitative estimate of drug-likeness (QED) is 0.779. The molecule has 2 aliphatic rings. The summed E-state index contributed by atoms with van der Waals surface area (Å²) < 4.78 is 29.2.